The van der Waals surface area contributed by atoms with E-state index in [0.717, 1.165) is 0 Å². The van der Waals surface area contributed by atoms with Crippen molar-refractivity contribution in [1.82, 2.24) is 4.57 Å². The zero-order valence-corrected chi connectivity index (χ0v) is 22.6. The number of hydrogen-bond acceptors (Lipinski definition) is 0. The molecule has 0 radical (unpaired) electrons. The monoisotopic (exact) mass is 489 g/mol. The molecule has 0 atom stereocenters. The van der Waals surface area contributed by atoms with E-state index in [9.17, 15) is 0 Å². The summed E-state index contributed by atoms with van der Waals surface area (Å²) in [6.45, 7) is 10.2. The fraction of sp³-hybridized carbons (Fsp3) is 0.167. The Morgan fingerprint density at radius 2 is 1.08 bits per heavy atom. The van der Waals surface area contributed by atoms with Gasteiger partial charge in [-0.05, 0) is 34.9 Å². The zero-order chi connectivity index (χ0) is 26.1. The van der Waals surface area contributed by atoms with Gasteiger partial charge in [0.05, 0.1) is 11.0 Å². The van der Waals surface area contributed by atoms with E-state index in [4.69, 9.17) is 0 Å². The van der Waals surface area contributed by atoms with Crippen LogP contribution in [0.4, 0.5) is 0 Å². The molecule has 0 saturated carbocycles. The zero-order valence-electron chi connectivity index (χ0n) is 22.6. The smallest absolute Gasteiger partial charge is 0.187 e. The molecule has 0 bridgehead atoms. The predicted molar refractivity (Wildman–Crippen MR) is 165 cm³/mol. The number of hydrogen-bond donors (Lipinski definition) is 0. The van der Waals surface area contributed by atoms with Crippen LogP contribution in [0.25, 0.3) is 49.7 Å². The Kier molecular flexibility index (Phi) is 5.01. The van der Waals surface area contributed by atoms with Gasteiger partial charge < -0.3 is 4.57 Å². The van der Waals surface area contributed by atoms with Gasteiger partial charge in [-0.1, -0.05) is 147 Å². The van der Waals surface area contributed by atoms with E-state index in [2.05, 4.69) is 154 Å². The summed E-state index contributed by atoms with van der Waals surface area (Å²) in [4.78, 5) is 0. The average molecular weight is 489 g/mol. The fourth-order valence-corrected chi connectivity index (χ4v) is 6.93. The van der Waals surface area contributed by atoms with Crippen molar-refractivity contribution in [2.75, 3.05) is 0 Å². The van der Waals surface area contributed by atoms with Crippen LogP contribution in [-0.2, 0) is 0 Å². The topological polar surface area (TPSA) is 4.93 Å². The molecule has 0 amide bonds. The van der Waals surface area contributed by atoms with Gasteiger partial charge in [0, 0.05) is 22.0 Å². The molecule has 38 heavy (non-hydrogen) atoms. The quantitative estimate of drug-likeness (QED) is 0.217. The van der Waals surface area contributed by atoms with Crippen molar-refractivity contribution in [1.29, 1.82) is 0 Å². The third-order valence-corrected chi connectivity index (χ3v) is 9.47. The van der Waals surface area contributed by atoms with Crippen molar-refractivity contribution in [2.45, 2.75) is 38.3 Å². The molecule has 1 fully saturated rings. The molecule has 0 N–H and O–H groups in total. The first-order chi connectivity index (χ1) is 18.4. The van der Waals surface area contributed by atoms with E-state index in [-0.39, 0.29) is 10.6 Å². The lowest BCUT2D eigenvalue weighted by Gasteiger charge is -2.14. The van der Waals surface area contributed by atoms with E-state index >= 15 is 0 Å². The molecule has 1 nitrogen and oxygen atoms in total. The molecule has 2 heteroatoms. The lowest BCUT2D eigenvalue weighted by molar-refractivity contribution is 0.628. The van der Waals surface area contributed by atoms with Crippen LogP contribution in [0.3, 0.4) is 0 Å². The first-order valence-corrected chi connectivity index (χ1v) is 13.7. The van der Waals surface area contributed by atoms with Gasteiger partial charge in [-0.2, -0.15) is 0 Å². The van der Waals surface area contributed by atoms with Gasteiger partial charge in [0.2, 0.25) is 0 Å². The SMILES string of the molecule is CC1(C)B(c2ccc3c4c(-c5ccccc5)ccc(-c5ccccc5)c4n(-c4ccccc4)c3c2)C1(C)C. The molecule has 7 rings (SSSR count). The van der Waals surface area contributed by atoms with Crippen molar-refractivity contribution in [3.63, 3.8) is 0 Å². The second-order valence-electron chi connectivity index (χ2n) is 11.9. The van der Waals surface area contributed by atoms with E-state index < -0.39 is 0 Å². The van der Waals surface area contributed by atoms with Crippen LogP contribution in [0.1, 0.15) is 27.7 Å². The van der Waals surface area contributed by atoms with E-state index in [1.54, 1.807) is 0 Å². The van der Waals surface area contributed by atoms with Crippen molar-refractivity contribution in [2.24, 2.45) is 0 Å². The Balaban J connectivity index is 1.64. The van der Waals surface area contributed by atoms with Crippen LogP contribution in [-0.4, -0.2) is 11.3 Å². The second kappa shape index (κ2) is 8.23. The van der Waals surface area contributed by atoms with Gasteiger partial charge in [-0.25, -0.2) is 0 Å². The van der Waals surface area contributed by atoms with Gasteiger partial charge in [-0.15, -0.1) is 0 Å². The van der Waals surface area contributed by atoms with Crippen LogP contribution < -0.4 is 5.46 Å². The third kappa shape index (κ3) is 3.26. The number of para-hydroxylation sites is 1. The Labute approximate surface area is 225 Å². The predicted octanol–water partition coefficient (Wildman–Crippen LogP) is 9.39. The maximum atomic E-state index is 2.51. The fourth-order valence-electron chi connectivity index (χ4n) is 6.93. The number of nitrogens with zero attached hydrogens (tertiary/aromatic N) is 1. The summed E-state index contributed by atoms with van der Waals surface area (Å²) in [6, 6.07) is 44.4. The Hall–Kier alpha value is -4.04. The lowest BCUT2D eigenvalue weighted by Crippen LogP contribution is -2.20. The molecular weight excluding hydrogens is 457 g/mol. The maximum Gasteiger partial charge on any atom is 0.187 e. The summed E-state index contributed by atoms with van der Waals surface area (Å²) in [7, 11) is 0. The number of benzene rings is 5. The van der Waals surface area contributed by atoms with E-state index in [1.807, 2.05) is 0 Å². The molecule has 1 aliphatic heterocycles. The van der Waals surface area contributed by atoms with Crippen molar-refractivity contribution in [3.8, 4) is 27.9 Å². The van der Waals surface area contributed by atoms with Gasteiger partial charge in [-0.3, -0.25) is 0 Å². The number of rotatable bonds is 4. The highest BCUT2D eigenvalue weighted by Gasteiger charge is 2.67. The highest BCUT2D eigenvalue weighted by atomic mass is 15.0. The Morgan fingerprint density at radius 1 is 0.553 bits per heavy atom. The van der Waals surface area contributed by atoms with Gasteiger partial charge in [0.25, 0.3) is 0 Å². The Bertz CT molecular complexity index is 1780. The standard InChI is InChI=1S/C36H32BN/c1-35(2)36(3,4)37(35)27-20-21-31-32(24-27)38(28-18-12-7-13-19-28)34-30(26-16-10-6-11-17-26)23-22-29(33(31)34)25-14-8-5-9-15-25/h5-24H,1-4H3. The molecule has 1 aliphatic rings. The summed E-state index contributed by atoms with van der Waals surface area (Å²) in [6.07, 6.45) is 0. The molecule has 6 aromatic rings. The Morgan fingerprint density at radius 3 is 1.66 bits per heavy atom. The molecule has 0 spiro atoms. The highest BCUT2D eigenvalue weighted by Crippen LogP contribution is 2.73. The normalized spacial score (nSPS) is 15.7. The minimum Gasteiger partial charge on any atom is -0.309 e. The van der Waals surface area contributed by atoms with Gasteiger partial charge >= 0.3 is 0 Å². The van der Waals surface area contributed by atoms with Crippen LogP contribution in [0, 0.1) is 0 Å². The summed E-state index contributed by atoms with van der Waals surface area (Å²) in [5, 5.41) is 3.20. The first-order valence-electron chi connectivity index (χ1n) is 13.7. The van der Waals surface area contributed by atoms with Crippen molar-refractivity contribution < 1.29 is 0 Å². The molecule has 0 aliphatic carbocycles. The van der Waals surface area contributed by atoms with Crippen LogP contribution >= 0.6 is 0 Å². The van der Waals surface area contributed by atoms with Crippen molar-refractivity contribution in [3.05, 3.63) is 121 Å². The maximum absolute atomic E-state index is 2.51. The lowest BCUT2D eigenvalue weighted by atomic mass is 9.53. The largest absolute Gasteiger partial charge is 0.309 e. The van der Waals surface area contributed by atoms with Gasteiger partial charge in [0.15, 0.2) is 6.71 Å². The third-order valence-electron chi connectivity index (χ3n) is 9.47. The van der Waals surface area contributed by atoms with Crippen LogP contribution in [0.2, 0.25) is 10.6 Å². The van der Waals surface area contributed by atoms with Crippen molar-refractivity contribution >= 4 is 34.0 Å². The minimum absolute atomic E-state index is 0.286. The molecule has 1 aromatic heterocycles. The minimum atomic E-state index is 0.286. The molecule has 0 unspecified atom stereocenters. The molecular formula is C36H32BN. The second-order valence-corrected chi connectivity index (χ2v) is 11.9. The molecule has 2 heterocycles. The highest BCUT2D eigenvalue weighted by molar-refractivity contribution is 6.90. The molecule has 1 saturated heterocycles. The number of fused-ring (bicyclic) bond motifs is 3. The molecule has 5 aromatic carbocycles. The van der Waals surface area contributed by atoms with Gasteiger partial charge in [0.1, 0.15) is 0 Å². The van der Waals surface area contributed by atoms with E-state index in [0.29, 0.717) is 6.71 Å². The summed E-state index contributed by atoms with van der Waals surface area (Å²) in [5.41, 5.74) is 10.2. The van der Waals surface area contributed by atoms with Crippen LogP contribution in [0.5, 0.6) is 0 Å². The number of aromatic nitrogens is 1. The van der Waals surface area contributed by atoms with Crippen LogP contribution in [0.15, 0.2) is 121 Å². The molecule has 184 valence electrons. The summed E-state index contributed by atoms with van der Waals surface area (Å²) in [5.74, 6) is 0. The first kappa shape index (κ1) is 23.1. The summed E-state index contributed by atoms with van der Waals surface area (Å²) >= 11 is 0. The average Bonchev–Trinajstić information content (AvgIpc) is 3.18. The summed E-state index contributed by atoms with van der Waals surface area (Å²) < 4.78 is 2.51. The van der Waals surface area contributed by atoms with E-state index in [1.165, 1.54) is 55.2 Å².